The van der Waals surface area contributed by atoms with Crippen molar-refractivity contribution in [3.8, 4) is 22.3 Å². The summed E-state index contributed by atoms with van der Waals surface area (Å²) in [4.78, 5) is 5.42. The van der Waals surface area contributed by atoms with Gasteiger partial charge < -0.3 is 9.71 Å². The molecule has 0 saturated heterocycles. The summed E-state index contributed by atoms with van der Waals surface area (Å²) in [5.74, 6) is 0. The predicted molar refractivity (Wildman–Crippen MR) is 240 cm³/mol. The van der Waals surface area contributed by atoms with Gasteiger partial charge in [0.1, 0.15) is 8.07 Å². The van der Waals surface area contributed by atoms with E-state index < -0.39 is 16.1 Å². The lowest BCUT2D eigenvalue weighted by Crippen LogP contribution is -2.79. The third kappa shape index (κ3) is 3.94. The molecule has 0 aliphatic carbocycles. The van der Waals surface area contributed by atoms with E-state index in [2.05, 4.69) is 211 Å². The van der Waals surface area contributed by atoms with Crippen molar-refractivity contribution in [1.29, 1.82) is 0 Å². The molecule has 0 radical (unpaired) electrons. The van der Waals surface area contributed by atoms with Gasteiger partial charge in [0.15, 0.2) is 8.07 Å². The van der Waals surface area contributed by atoms with Gasteiger partial charge in [0.05, 0.1) is 0 Å². The van der Waals surface area contributed by atoms with Crippen molar-refractivity contribution in [2.24, 2.45) is 0 Å². The minimum Gasteiger partial charge on any atom is -0.376 e. The molecule has 0 fully saturated rings. The van der Waals surface area contributed by atoms with Gasteiger partial charge in [0, 0.05) is 34.0 Å². The Morgan fingerprint density at radius 3 is 1.73 bits per heavy atom. The number of rotatable bonds is 3. The summed E-state index contributed by atoms with van der Waals surface area (Å²) >= 11 is 0. The number of fused-ring (bicyclic) bond motifs is 8. The fourth-order valence-corrected chi connectivity index (χ4v) is 19.0. The van der Waals surface area contributed by atoms with E-state index in [0.717, 1.165) is 0 Å². The van der Waals surface area contributed by atoms with Crippen LogP contribution in [0.2, 0.25) is 13.1 Å². The van der Waals surface area contributed by atoms with Crippen molar-refractivity contribution in [2.75, 3.05) is 9.71 Å². The molecule has 0 aromatic heterocycles. The van der Waals surface area contributed by atoms with Crippen LogP contribution in [0, 0.1) is 0 Å². The van der Waals surface area contributed by atoms with E-state index in [1.807, 2.05) is 0 Å². The number of hydrogen-bond donors (Lipinski definition) is 0. The number of benzene rings is 8. The fourth-order valence-electron chi connectivity index (χ4n) is 10.8. The molecule has 4 aliphatic heterocycles. The summed E-state index contributed by atoms with van der Waals surface area (Å²) in [6, 6.07) is 71.9. The molecule has 0 spiro atoms. The summed E-state index contributed by atoms with van der Waals surface area (Å²) < 4.78 is 0. The van der Waals surface area contributed by atoms with Gasteiger partial charge in [-0.15, -0.1) is 0 Å². The highest BCUT2D eigenvalue weighted by atomic mass is 28.3. The molecule has 4 heterocycles. The third-order valence-electron chi connectivity index (χ3n) is 13.1. The third-order valence-corrected chi connectivity index (χ3v) is 21.4. The Morgan fingerprint density at radius 2 is 1.00 bits per heavy atom. The van der Waals surface area contributed by atoms with Gasteiger partial charge in [-0.2, -0.15) is 0 Å². The van der Waals surface area contributed by atoms with Crippen molar-refractivity contribution in [3.05, 3.63) is 188 Å². The van der Waals surface area contributed by atoms with Gasteiger partial charge in [-0.25, -0.2) is 0 Å². The van der Waals surface area contributed by atoms with E-state index in [-0.39, 0.29) is 6.85 Å². The molecular weight excluding hydrogens is 696 g/mol. The summed E-state index contributed by atoms with van der Waals surface area (Å²) in [5, 5.41) is 8.77. The summed E-state index contributed by atoms with van der Waals surface area (Å²) in [6.07, 6.45) is 0. The molecule has 0 atom stereocenters. The van der Waals surface area contributed by atoms with E-state index in [4.69, 9.17) is 0 Å². The van der Waals surface area contributed by atoms with Crippen LogP contribution in [0.25, 0.3) is 22.3 Å². The fraction of sp³-hybridized carbons (Fsp3) is 0.0400. The van der Waals surface area contributed by atoms with Gasteiger partial charge in [0.2, 0.25) is 0 Å². The van der Waals surface area contributed by atoms with Gasteiger partial charge in [-0.1, -0.05) is 177 Å². The first-order valence-corrected chi connectivity index (χ1v) is 24.5. The molecule has 2 nitrogen and oxygen atoms in total. The van der Waals surface area contributed by atoms with Crippen LogP contribution in [0.1, 0.15) is 0 Å². The zero-order chi connectivity index (χ0) is 36.5. The van der Waals surface area contributed by atoms with Crippen LogP contribution in [0.15, 0.2) is 188 Å². The highest BCUT2D eigenvalue weighted by molar-refractivity contribution is 7.22. The van der Waals surface area contributed by atoms with Gasteiger partial charge in [-0.05, 0) is 83.0 Å². The van der Waals surface area contributed by atoms with Crippen LogP contribution in [-0.4, -0.2) is 23.0 Å². The molecule has 8 aromatic rings. The average Bonchev–Trinajstić information content (AvgIpc) is 3.25. The van der Waals surface area contributed by atoms with Crippen LogP contribution in [0.4, 0.5) is 28.4 Å². The number of nitrogens with zero attached hydrogens (tertiary/aromatic N) is 2. The Kier molecular flexibility index (Phi) is 6.36. The number of hydrogen-bond acceptors (Lipinski definition) is 2. The molecular formula is C50H37BN2Si2. The first kappa shape index (κ1) is 31.2. The minimum atomic E-state index is -2.80. The molecule has 4 aliphatic rings. The molecule has 0 unspecified atom stereocenters. The standard InChI is InChI=1S/C50H37BN2Si2/c1-54(2)44-28-14-12-26-41(44)52-43-33-35(34-18-6-3-7-19-34)32-39-38-24-16-31-47-49(38)53(51(48(39)43)40-25-17-30-46(54)50(40)52)42-27-13-15-29-45(42)55(47,36-20-8-4-9-21-36)37-22-10-5-11-23-37/h3-33H,1-2H3. The molecule has 5 heteroatoms. The van der Waals surface area contributed by atoms with Gasteiger partial charge >= 0.3 is 6.85 Å². The van der Waals surface area contributed by atoms with Crippen molar-refractivity contribution in [3.63, 3.8) is 0 Å². The zero-order valence-electron chi connectivity index (χ0n) is 30.9. The molecule has 0 amide bonds. The maximum absolute atomic E-state index is 2.80. The molecule has 12 rings (SSSR count). The Labute approximate surface area is 325 Å². The second-order valence-electron chi connectivity index (χ2n) is 16.0. The van der Waals surface area contributed by atoms with Crippen LogP contribution >= 0.6 is 0 Å². The van der Waals surface area contributed by atoms with Crippen molar-refractivity contribution in [1.82, 2.24) is 0 Å². The van der Waals surface area contributed by atoms with Crippen LogP contribution in [0.5, 0.6) is 0 Å². The topological polar surface area (TPSA) is 6.48 Å². The number of anilines is 5. The summed E-state index contributed by atoms with van der Waals surface area (Å²) in [6.45, 7) is 5.10. The second kappa shape index (κ2) is 11.2. The molecule has 8 aromatic carbocycles. The van der Waals surface area contributed by atoms with E-state index in [0.29, 0.717) is 0 Å². The maximum atomic E-state index is 2.77. The molecule has 0 saturated carbocycles. The van der Waals surface area contributed by atoms with Crippen molar-refractivity contribution < 1.29 is 0 Å². The Morgan fingerprint density at radius 1 is 0.418 bits per heavy atom. The Hall–Kier alpha value is -6.14. The Bertz CT molecular complexity index is 2830. The number of para-hydroxylation sites is 4. The lowest BCUT2D eigenvalue weighted by Gasteiger charge is -2.54. The largest absolute Gasteiger partial charge is 0.376 e. The lowest BCUT2D eigenvalue weighted by molar-refractivity contribution is 1.27. The van der Waals surface area contributed by atoms with E-state index in [9.17, 15) is 0 Å². The van der Waals surface area contributed by atoms with E-state index in [1.165, 1.54) is 92.7 Å². The zero-order valence-corrected chi connectivity index (χ0v) is 32.9. The Balaban J connectivity index is 1.27. The van der Waals surface area contributed by atoms with Crippen molar-refractivity contribution >= 4 is 93.5 Å². The first-order chi connectivity index (χ1) is 27.1. The van der Waals surface area contributed by atoms with Gasteiger partial charge in [-0.3, -0.25) is 0 Å². The molecule has 0 N–H and O–H groups in total. The maximum Gasteiger partial charge on any atom is 0.333 e. The summed E-state index contributed by atoms with van der Waals surface area (Å²) in [7, 11) is -4.86. The van der Waals surface area contributed by atoms with E-state index >= 15 is 0 Å². The highest BCUT2D eigenvalue weighted by Crippen LogP contribution is 2.49. The molecule has 55 heavy (non-hydrogen) atoms. The quantitative estimate of drug-likeness (QED) is 0.183. The highest BCUT2D eigenvalue weighted by Gasteiger charge is 2.56. The second-order valence-corrected chi connectivity index (χ2v) is 24.1. The monoisotopic (exact) mass is 732 g/mol. The van der Waals surface area contributed by atoms with Crippen molar-refractivity contribution in [2.45, 2.75) is 13.1 Å². The average molecular weight is 733 g/mol. The van der Waals surface area contributed by atoms with Crippen LogP contribution in [0.3, 0.4) is 0 Å². The smallest absolute Gasteiger partial charge is 0.333 e. The lowest BCUT2D eigenvalue weighted by atomic mass is 9.43. The summed E-state index contributed by atoms with van der Waals surface area (Å²) in [5.41, 5.74) is 14.7. The normalized spacial score (nSPS) is 15.6. The molecule has 0 bridgehead atoms. The van der Waals surface area contributed by atoms with Crippen LogP contribution in [-0.2, 0) is 0 Å². The van der Waals surface area contributed by atoms with Gasteiger partial charge in [0.25, 0.3) is 0 Å². The van der Waals surface area contributed by atoms with E-state index in [1.54, 1.807) is 0 Å². The minimum absolute atomic E-state index is 0.00410. The molecule has 258 valence electrons. The SMILES string of the molecule is C[Si]1(C)c2ccccc2N2c3cc(-c4ccccc4)cc4c3B(c3cccc1c32)N1c2ccccc2[Si](c2ccccc2)(c2ccccc2)c2cccc-4c21. The van der Waals surface area contributed by atoms with Crippen LogP contribution < -0.4 is 51.8 Å². The first-order valence-electron chi connectivity index (χ1n) is 19.5. The predicted octanol–water partition coefficient (Wildman–Crippen LogP) is 6.89.